The minimum absolute atomic E-state index is 0.135. The second-order valence-corrected chi connectivity index (χ2v) is 6.38. The maximum Gasteiger partial charge on any atom is 0.433 e. The summed E-state index contributed by atoms with van der Waals surface area (Å²) >= 11 is 1.26. The van der Waals surface area contributed by atoms with Crippen LogP contribution in [0.2, 0.25) is 0 Å². The van der Waals surface area contributed by atoms with Gasteiger partial charge in [0.25, 0.3) is 11.7 Å². The third-order valence-electron chi connectivity index (χ3n) is 3.57. The van der Waals surface area contributed by atoms with Gasteiger partial charge in [0.2, 0.25) is 5.82 Å². The van der Waals surface area contributed by atoms with Crippen LogP contribution in [-0.2, 0) is 6.18 Å². The van der Waals surface area contributed by atoms with Crippen molar-refractivity contribution in [1.82, 2.24) is 24.9 Å². The molecule has 10 heteroatoms. The van der Waals surface area contributed by atoms with Gasteiger partial charge in [-0.05, 0) is 30.9 Å². The SMILES string of the molecule is CC[C@H](C)NC(=O)c1nc2nc(-c3cccs3)cc(C(F)(F)F)n2n1. The molecule has 25 heavy (non-hydrogen) atoms. The molecule has 1 N–H and O–H groups in total. The summed E-state index contributed by atoms with van der Waals surface area (Å²) in [5.74, 6) is -1.25. The lowest BCUT2D eigenvalue weighted by Gasteiger charge is -2.09. The molecule has 0 unspecified atom stereocenters. The van der Waals surface area contributed by atoms with Crippen LogP contribution in [0.25, 0.3) is 16.3 Å². The van der Waals surface area contributed by atoms with Crippen molar-refractivity contribution in [2.45, 2.75) is 32.5 Å². The molecule has 132 valence electrons. The zero-order valence-corrected chi connectivity index (χ0v) is 14.1. The Labute approximate surface area is 144 Å². The van der Waals surface area contributed by atoms with Crippen LogP contribution in [0.3, 0.4) is 0 Å². The van der Waals surface area contributed by atoms with Crippen LogP contribution in [0.1, 0.15) is 36.6 Å². The Kier molecular flexibility index (Phi) is 4.46. The highest BCUT2D eigenvalue weighted by atomic mass is 32.1. The first-order chi connectivity index (χ1) is 11.8. The average Bonchev–Trinajstić information content (AvgIpc) is 3.21. The minimum atomic E-state index is -4.66. The Morgan fingerprint density at radius 1 is 1.40 bits per heavy atom. The van der Waals surface area contributed by atoms with Crippen molar-refractivity contribution in [3.63, 3.8) is 0 Å². The van der Waals surface area contributed by atoms with E-state index in [1.54, 1.807) is 24.4 Å². The molecule has 0 aliphatic rings. The molecule has 0 fully saturated rings. The second kappa shape index (κ2) is 6.43. The van der Waals surface area contributed by atoms with Crippen LogP contribution in [0.4, 0.5) is 13.2 Å². The van der Waals surface area contributed by atoms with E-state index >= 15 is 0 Å². The van der Waals surface area contributed by atoms with Crippen LogP contribution < -0.4 is 5.32 Å². The van der Waals surface area contributed by atoms with E-state index in [-0.39, 0.29) is 23.3 Å². The predicted octanol–water partition coefficient (Wildman–Crippen LogP) is 3.40. The van der Waals surface area contributed by atoms with E-state index < -0.39 is 17.8 Å². The van der Waals surface area contributed by atoms with E-state index in [1.807, 2.05) is 6.92 Å². The molecule has 0 spiro atoms. The Morgan fingerprint density at radius 2 is 2.16 bits per heavy atom. The normalized spacial score (nSPS) is 13.2. The summed E-state index contributed by atoms with van der Waals surface area (Å²) in [5, 5.41) is 8.07. The Bertz CT molecular complexity index is 904. The Balaban J connectivity index is 2.12. The van der Waals surface area contributed by atoms with Gasteiger partial charge in [0.15, 0.2) is 5.69 Å². The van der Waals surface area contributed by atoms with Crippen LogP contribution in [0.15, 0.2) is 23.6 Å². The lowest BCUT2D eigenvalue weighted by atomic mass is 10.2. The summed E-state index contributed by atoms with van der Waals surface area (Å²) in [6.45, 7) is 3.65. The number of halogens is 3. The quantitative estimate of drug-likeness (QED) is 0.765. The average molecular weight is 369 g/mol. The van der Waals surface area contributed by atoms with Gasteiger partial charge in [-0.15, -0.1) is 16.4 Å². The minimum Gasteiger partial charge on any atom is -0.347 e. The Morgan fingerprint density at radius 3 is 2.76 bits per heavy atom. The van der Waals surface area contributed by atoms with E-state index in [0.29, 0.717) is 15.8 Å². The van der Waals surface area contributed by atoms with Crippen LogP contribution in [0, 0.1) is 0 Å². The zero-order valence-electron chi connectivity index (χ0n) is 13.3. The van der Waals surface area contributed by atoms with Gasteiger partial charge in [-0.2, -0.15) is 22.7 Å². The number of rotatable bonds is 4. The number of hydrogen-bond donors (Lipinski definition) is 1. The predicted molar refractivity (Wildman–Crippen MR) is 86.3 cm³/mol. The lowest BCUT2D eigenvalue weighted by molar-refractivity contribution is -0.142. The van der Waals surface area contributed by atoms with Crippen molar-refractivity contribution in [2.24, 2.45) is 0 Å². The largest absolute Gasteiger partial charge is 0.433 e. The molecule has 0 aromatic carbocycles. The molecule has 0 saturated heterocycles. The summed E-state index contributed by atoms with van der Waals surface area (Å²) in [4.78, 5) is 20.7. The van der Waals surface area contributed by atoms with E-state index in [1.165, 1.54) is 11.3 Å². The molecule has 3 rings (SSSR count). The highest BCUT2D eigenvalue weighted by Gasteiger charge is 2.36. The highest BCUT2D eigenvalue weighted by molar-refractivity contribution is 7.13. The van der Waals surface area contributed by atoms with Gasteiger partial charge < -0.3 is 5.32 Å². The monoisotopic (exact) mass is 369 g/mol. The van der Waals surface area contributed by atoms with Gasteiger partial charge in [0.1, 0.15) is 0 Å². The first-order valence-electron chi connectivity index (χ1n) is 7.49. The summed E-state index contributed by atoms with van der Waals surface area (Å²) in [6.07, 6.45) is -3.99. The number of thiophene rings is 1. The van der Waals surface area contributed by atoms with Gasteiger partial charge in [-0.3, -0.25) is 4.79 Å². The molecule has 0 aliphatic heterocycles. The summed E-state index contributed by atoms with van der Waals surface area (Å²) in [6, 6.07) is 4.14. The molecular formula is C15H14F3N5OS. The molecular weight excluding hydrogens is 355 g/mol. The number of alkyl halides is 3. The van der Waals surface area contributed by atoms with Gasteiger partial charge in [-0.1, -0.05) is 13.0 Å². The maximum absolute atomic E-state index is 13.4. The summed E-state index contributed by atoms with van der Waals surface area (Å²) in [5.41, 5.74) is -0.896. The summed E-state index contributed by atoms with van der Waals surface area (Å²) in [7, 11) is 0. The molecule has 6 nitrogen and oxygen atoms in total. The fourth-order valence-electron chi connectivity index (χ4n) is 2.11. The number of hydrogen-bond acceptors (Lipinski definition) is 5. The number of carbonyl (C=O) groups is 1. The van der Waals surface area contributed by atoms with E-state index in [2.05, 4.69) is 20.4 Å². The van der Waals surface area contributed by atoms with E-state index in [9.17, 15) is 18.0 Å². The third kappa shape index (κ3) is 3.48. The molecule has 0 aliphatic carbocycles. The summed E-state index contributed by atoms with van der Waals surface area (Å²) < 4.78 is 40.8. The van der Waals surface area contributed by atoms with Crippen LogP contribution in [0.5, 0.6) is 0 Å². The number of aromatic nitrogens is 4. The van der Waals surface area contributed by atoms with Crippen molar-refractivity contribution < 1.29 is 18.0 Å². The molecule has 3 heterocycles. The van der Waals surface area contributed by atoms with Crippen molar-refractivity contribution >= 4 is 23.0 Å². The standard InChI is InChI=1S/C15H14F3N5OS/c1-3-8(2)19-13(24)12-21-14-20-9(10-5-4-6-25-10)7-11(15(16,17)18)23(14)22-12/h4-8H,3H2,1-2H3,(H,19,24)/t8-/m0/s1. The number of nitrogens with zero attached hydrogens (tertiary/aromatic N) is 4. The van der Waals surface area contributed by atoms with Gasteiger partial charge in [0, 0.05) is 6.04 Å². The van der Waals surface area contributed by atoms with Crippen molar-refractivity contribution in [2.75, 3.05) is 0 Å². The first-order valence-corrected chi connectivity index (χ1v) is 8.37. The van der Waals surface area contributed by atoms with E-state index in [4.69, 9.17) is 0 Å². The van der Waals surface area contributed by atoms with Crippen LogP contribution in [-0.4, -0.2) is 31.5 Å². The van der Waals surface area contributed by atoms with Crippen molar-refractivity contribution in [1.29, 1.82) is 0 Å². The molecule has 0 saturated carbocycles. The van der Waals surface area contributed by atoms with Gasteiger partial charge in [-0.25, -0.2) is 4.98 Å². The van der Waals surface area contributed by atoms with Crippen LogP contribution >= 0.6 is 11.3 Å². The fourth-order valence-corrected chi connectivity index (χ4v) is 2.79. The second-order valence-electron chi connectivity index (χ2n) is 5.43. The lowest BCUT2D eigenvalue weighted by Crippen LogP contribution is -2.32. The van der Waals surface area contributed by atoms with Gasteiger partial charge in [0.05, 0.1) is 10.6 Å². The van der Waals surface area contributed by atoms with Gasteiger partial charge >= 0.3 is 6.18 Å². The molecule has 1 amide bonds. The topological polar surface area (TPSA) is 72.2 Å². The smallest absolute Gasteiger partial charge is 0.347 e. The molecule has 0 bridgehead atoms. The number of nitrogens with one attached hydrogen (secondary N) is 1. The molecule has 3 aromatic rings. The maximum atomic E-state index is 13.4. The molecule has 1 atom stereocenters. The number of amides is 1. The zero-order chi connectivity index (χ0) is 18.2. The Hall–Kier alpha value is -2.49. The highest BCUT2D eigenvalue weighted by Crippen LogP contribution is 2.32. The molecule has 3 aromatic heterocycles. The third-order valence-corrected chi connectivity index (χ3v) is 4.46. The van der Waals surface area contributed by atoms with Crippen molar-refractivity contribution in [3.8, 4) is 10.6 Å². The van der Waals surface area contributed by atoms with Crippen molar-refractivity contribution in [3.05, 3.63) is 35.1 Å². The number of carbonyl (C=O) groups excluding carboxylic acids is 1. The fraction of sp³-hybridized carbons (Fsp3) is 0.333. The number of fused-ring (bicyclic) bond motifs is 1. The first kappa shape index (κ1) is 17.3. The van der Waals surface area contributed by atoms with E-state index in [0.717, 1.165) is 6.07 Å². The molecule has 0 radical (unpaired) electrons.